The summed E-state index contributed by atoms with van der Waals surface area (Å²) in [6.45, 7) is 4.44. The summed E-state index contributed by atoms with van der Waals surface area (Å²) < 4.78 is 0. The third-order valence-corrected chi connectivity index (χ3v) is 4.76. The molecule has 1 heterocycles. The van der Waals surface area contributed by atoms with E-state index in [9.17, 15) is 0 Å². The van der Waals surface area contributed by atoms with Crippen LogP contribution in [0.5, 0.6) is 0 Å². The van der Waals surface area contributed by atoms with Crippen molar-refractivity contribution >= 4 is 0 Å². The fourth-order valence-electron chi connectivity index (χ4n) is 3.28. The Bertz CT molecular complexity index is 665. The van der Waals surface area contributed by atoms with Gasteiger partial charge < -0.3 is 0 Å². The van der Waals surface area contributed by atoms with Gasteiger partial charge >= 0.3 is 0 Å². The molecule has 1 aliphatic rings. The summed E-state index contributed by atoms with van der Waals surface area (Å²) in [6.07, 6.45) is 5.01. The molecule has 0 bridgehead atoms. The molecule has 2 aromatic carbocycles. The van der Waals surface area contributed by atoms with E-state index in [1.807, 2.05) is 6.07 Å². The Morgan fingerprint density at radius 1 is 0.913 bits per heavy atom. The SMILES string of the molecule is CC1(C#Cc2ccccc2)CCCCCN1Cc1ccccc1. The van der Waals surface area contributed by atoms with Crippen LogP contribution in [0.15, 0.2) is 60.7 Å². The van der Waals surface area contributed by atoms with Crippen LogP contribution in [-0.2, 0) is 6.54 Å². The zero-order valence-electron chi connectivity index (χ0n) is 14.0. The summed E-state index contributed by atoms with van der Waals surface area (Å²) in [6, 6.07) is 21.1. The molecule has 23 heavy (non-hydrogen) atoms. The summed E-state index contributed by atoms with van der Waals surface area (Å²) in [4.78, 5) is 2.57. The summed E-state index contributed by atoms with van der Waals surface area (Å²) in [5.41, 5.74) is 2.45. The molecule has 1 heteroatoms. The molecule has 0 spiro atoms. The van der Waals surface area contributed by atoms with Crippen LogP contribution in [0.4, 0.5) is 0 Å². The Morgan fingerprint density at radius 2 is 1.61 bits per heavy atom. The quantitative estimate of drug-likeness (QED) is 0.715. The van der Waals surface area contributed by atoms with Crippen molar-refractivity contribution in [1.82, 2.24) is 4.90 Å². The first-order valence-corrected chi connectivity index (χ1v) is 8.63. The first-order chi connectivity index (χ1) is 11.3. The van der Waals surface area contributed by atoms with E-state index in [0.29, 0.717) is 0 Å². The summed E-state index contributed by atoms with van der Waals surface area (Å²) >= 11 is 0. The lowest BCUT2D eigenvalue weighted by Crippen LogP contribution is -2.44. The number of hydrogen-bond acceptors (Lipinski definition) is 1. The zero-order valence-corrected chi connectivity index (χ0v) is 14.0. The molecule has 1 saturated heterocycles. The molecule has 3 rings (SSSR count). The monoisotopic (exact) mass is 303 g/mol. The second kappa shape index (κ2) is 7.49. The molecule has 0 N–H and O–H groups in total. The maximum absolute atomic E-state index is 3.60. The smallest absolute Gasteiger partial charge is 0.0803 e. The van der Waals surface area contributed by atoms with Crippen LogP contribution in [0.25, 0.3) is 0 Å². The molecule has 0 saturated carbocycles. The van der Waals surface area contributed by atoms with Gasteiger partial charge in [0, 0.05) is 12.1 Å². The number of nitrogens with zero attached hydrogens (tertiary/aromatic N) is 1. The van der Waals surface area contributed by atoms with Gasteiger partial charge in [-0.2, -0.15) is 0 Å². The average Bonchev–Trinajstić information content (AvgIpc) is 2.78. The predicted molar refractivity (Wildman–Crippen MR) is 97.0 cm³/mol. The minimum absolute atomic E-state index is 0.0395. The van der Waals surface area contributed by atoms with Crippen molar-refractivity contribution in [1.29, 1.82) is 0 Å². The Labute approximate surface area is 140 Å². The van der Waals surface area contributed by atoms with Crippen molar-refractivity contribution in [2.75, 3.05) is 6.54 Å². The van der Waals surface area contributed by atoms with Crippen LogP contribution in [0.3, 0.4) is 0 Å². The van der Waals surface area contributed by atoms with Crippen LogP contribution in [0, 0.1) is 11.8 Å². The van der Waals surface area contributed by atoms with Gasteiger partial charge in [-0.15, -0.1) is 0 Å². The van der Waals surface area contributed by atoms with Gasteiger partial charge in [-0.05, 0) is 44.0 Å². The Kier molecular flexibility index (Phi) is 5.16. The van der Waals surface area contributed by atoms with E-state index in [4.69, 9.17) is 0 Å². The van der Waals surface area contributed by atoms with Gasteiger partial charge in [0.25, 0.3) is 0 Å². The molecule has 0 radical (unpaired) electrons. The molecule has 1 aliphatic heterocycles. The highest BCUT2D eigenvalue weighted by atomic mass is 15.2. The van der Waals surface area contributed by atoms with Crippen LogP contribution in [0.2, 0.25) is 0 Å². The van der Waals surface area contributed by atoms with E-state index >= 15 is 0 Å². The molecule has 0 aliphatic carbocycles. The molecular formula is C22H25N. The van der Waals surface area contributed by atoms with Crippen LogP contribution < -0.4 is 0 Å². The summed E-state index contributed by atoms with van der Waals surface area (Å²) in [5.74, 6) is 7.01. The number of rotatable bonds is 2. The molecule has 2 aromatic rings. The van der Waals surface area contributed by atoms with Crippen molar-refractivity contribution in [3.8, 4) is 11.8 Å². The van der Waals surface area contributed by atoms with Crippen LogP contribution in [-0.4, -0.2) is 17.0 Å². The van der Waals surface area contributed by atoms with E-state index in [1.165, 1.54) is 24.8 Å². The standard InChI is InChI=1S/C22H25N/c1-22(17-15-20-11-5-2-6-12-20)16-9-4-10-18-23(22)19-21-13-7-3-8-14-21/h2-3,5-8,11-14H,4,9-10,16,18-19H2,1H3. The van der Waals surface area contributed by atoms with Gasteiger partial charge in [-0.1, -0.05) is 73.2 Å². The van der Waals surface area contributed by atoms with Gasteiger partial charge in [-0.3, -0.25) is 4.90 Å². The van der Waals surface area contributed by atoms with Gasteiger partial charge in [0.05, 0.1) is 5.54 Å². The molecule has 1 atom stereocenters. The molecule has 0 aromatic heterocycles. The third kappa shape index (κ3) is 4.24. The predicted octanol–water partition coefficient (Wildman–Crippen LogP) is 4.87. The molecule has 118 valence electrons. The van der Waals surface area contributed by atoms with Gasteiger partial charge in [0.1, 0.15) is 0 Å². The van der Waals surface area contributed by atoms with Crippen LogP contribution in [0.1, 0.15) is 43.7 Å². The Balaban J connectivity index is 1.84. The van der Waals surface area contributed by atoms with E-state index in [2.05, 4.69) is 78.3 Å². The van der Waals surface area contributed by atoms with Crippen molar-refractivity contribution in [2.24, 2.45) is 0 Å². The fourth-order valence-corrected chi connectivity index (χ4v) is 3.28. The number of benzene rings is 2. The van der Waals surface area contributed by atoms with E-state index in [-0.39, 0.29) is 5.54 Å². The lowest BCUT2D eigenvalue weighted by molar-refractivity contribution is 0.149. The van der Waals surface area contributed by atoms with Crippen molar-refractivity contribution in [3.63, 3.8) is 0 Å². The first kappa shape index (κ1) is 15.8. The molecule has 1 nitrogen and oxygen atoms in total. The molecular weight excluding hydrogens is 278 g/mol. The fraction of sp³-hybridized carbons (Fsp3) is 0.364. The Hall–Kier alpha value is -2.04. The van der Waals surface area contributed by atoms with Gasteiger partial charge in [0.2, 0.25) is 0 Å². The first-order valence-electron chi connectivity index (χ1n) is 8.63. The highest BCUT2D eigenvalue weighted by Crippen LogP contribution is 2.28. The zero-order chi connectivity index (χ0) is 16.0. The van der Waals surface area contributed by atoms with E-state index in [0.717, 1.165) is 25.1 Å². The molecule has 0 amide bonds. The average molecular weight is 303 g/mol. The largest absolute Gasteiger partial charge is 0.283 e. The van der Waals surface area contributed by atoms with Crippen LogP contribution >= 0.6 is 0 Å². The third-order valence-electron chi connectivity index (χ3n) is 4.76. The summed E-state index contributed by atoms with van der Waals surface area (Å²) in [7, 11) is 0. The second-order valence-electron chi connectivity index (χ2n) is 6.61. The number of likely N-dealkylation sites (tertiary alicyclic amines) is 1. The van der Waals surface area contributed by atoms with E-state index < -0.39 is 0 Å². The molecule has 1 fully saturated rings. The van der Waals surface area contributed by atoms with Crippen molar-refractivity contribution in [2.45, 2.75) is 44.7 Å². The summed E-state index contributed by atoms with van der Waals surface area (Å²) in [5, 5.41) is 0. The lowest BCUT2D eigenvalue weighted by atomic mass is 9.93. The lowest BCUT2D eigenvalue weighted by Gasteiger charge is -2.36. The molecule has 1 unspecified atom stereocenters. The minimum atomic E-state index is -0.0395. The van der Waals surface area contributed by atoms with E-state index in [1.54, 1.807) is 0 Å². The van der Waals surface area contributed by atoms with Crippen molar-refractivity contribution in [3.05, 3.63) is 71.8 Å². The maximum atomic E-state index is 3.60. The second-order valence-corrected chi connectivity index (χ2v) is 6.61. The highest BCUT2D eigenvalue weighted by molar-refractivity contribution is 5.36. The maximum Gasteiger partial charge on any atom is 0.0803 e. The normalized spacial score (nSPS) is 22.0. The van der Waals surface area contributed by atoms with Gasteiger partial charge in [-0.25, -0.2) is 0 Å². The van der Waals surface area contributed by atoms with Crippen molar-refractivity contribution < 1.29 is 0 Å². The minimum Gasteiger partial charge on any atom is -0.283 e. The van der Waals surface area contributed by atoms with Gasteiger partial charge in [0.15, 0.2) is 0 Å². The Morgan fingerprint density at radius 3 is 2.35 bits per heavy atom. The topological polar surface area (TPSA) is 3.24 Å². The number of hydrogen-bond donors (Lipinski definition) is 0. The highest BCUT2D eigenvalue weighted by Gasteiger charge is 2.31.